The van der Waals surface area contributed by atoms with Gasteiger partial charge >= 0.3 is 0 Å². The van der Waals surface area contributed by atoms with Crippen molar-refractivity contribution in [1.29, 1.82) is 0 Å². The van der Waals surface area contributed by atoms with Gasteiger partial charge in [-0.05, 0) is 59.1 Å². The molecule has 98 valence electrons. The predicted molar refractivity (Wildman–Crippen MR) is 78.8 cm³/mol. The van der Waals surface area contributed by atoms with E-state index in [9.17, 15) is 4.79 Å². The van der Waals surface area contributed by atoms with Crippen molar-refractivity contribution in [3.63, 3.8) is 0 Å². The number of benzene rings is 2. The molecule has 0 spiro atoms. The van der Waals surface area contributed by atoms with Crippen LogP contribution in [0.4, 0.5) is 0 Å². The van der Waals surface area contributed by atoms with Crippen LogP contribution in [-0.2, 0) is 0 Å². The summed E-state index contributed by atoms with van der Waals surface area (Å²) in [6, 6.07) is 11.1. The molecule has 0 aliphatic rings. The first-order valence-electron chi connectivity index (χ1n) is 6.26. The molecule has 2 nitrogen and oxygen atoms in total. The van der Waals surface area contributed by atoms with Crippen molar-refractivity contribution in [2.45, 2.75) is 19.8 Å². The lowest BCUT2D eigenvalue weighted by Gasteiger charge is -2.04. The molecule has 0 fully saturated rings. The van der Waals surface area contributed by atoms with Crippen LogP contribution >= 0.6 is 11.6 Å². The molecule has 19 heavy (non-hydrogen) atoms. The Bertz CT molecular complexity index is 617. The number of hydrogen-bond donors (Lipinski definition) is 0. The molecule has 0 heterocycles. The zero-order chi connectivity index (χ0) is 13.7. The molecule has 2 aromatic rings. The molecule has 0 bridgehead atoms. The van der Waals surface area contributed by atoms with Crippen molar-refractivity contribution < 1.29 is 9.53 Å². The number of unbranched alkanes of at least 4 members (excludes halogenated alkanes) is 1. The van der Waals surface area contributed by atoms with Crippen molar-refractivity contribution >= 4 is 27.6 Å². The molecule has 2 rings (SSSR count). The number of hydrogen-bond acceptors (Lipinski definition) is 2. The fourth-order valence-corrected chi connectivity index (χ4v) is 1.90. The smallest absolute Gasteiger partial charge is 0.252 e. The van der Waals surface area contributed by atoms with E-state index in [0.717, 1.165) is 29.4 Å². The van der Waals surface area contributed by atoms with Crippen molar-refractivity contribution in [2.24, 2.45) is 0 Å². The highest BCUT2D eigenvalue weighted by Gasteiger charge is 2.03. The van der Waals surface area contributed by atoms with E-state index in [0.29, 0.717) is 5.56 Å². The second-order valence-electron chi connectivity index (χ2n) is 4.28. The average molecular weight is 275 g/mol. The molecule has 0 aliphatic carbocycles. The van der Waals surface area contributed by atoms with Crippen molar-refractivity contribution in [3.05, 3.63) is 54.3 Å². The maximum absolute atomic E-state index is 11.1. The van der Waals surface area contributed by atoms with Crippen LogP contribution in [0.2, 0.25) is 0 Å². The minimum Gasteiger partial charge on any atom is -0.465 e. The Morgan fingerprint density at radius 3 is 2.68 bits per heavy atom. The molecule has 2 aromatic carbocycles. The molecule has 0 radical (unpaired) electrons. The summed E-state index contributed by atoms with van der Waals surface area (Å²) in [5, 5.41) is 1.55. The maximum Gasteiger partial charge on any atom is 0.252 e. The molecule has 3 heteroatoms. The number of halogens is 1. The summed E-state index contributed by atoms with van der Waals surface area (Å²) in [7, 11) is 0. The largest absolute Gasteiger partial charge is 0.465 e. The van der Waals surface area contributed by atoms with E-state index in [1.807, 2.05) is 30.3 Å². The van der Waals surface area contributed by atoms with Crippen LogP contribution in [0.25, 0.3) is 10.8 Å². The van der Waals surface area contributed by atoms with Crippen LogP contribution in [0.3, 0.4) is 0 Å². The van der Waals surface area contributed by atoms with E-state index in [1.165, 1.54) is 0 Å². The van der Waals surface area contributed by atoms with Gasteiger partial charge in [0.05, 0.1) is 6.26 Å². The summed E-state index contributed by atoms with van der Waals surface area (Å²) >= 11 is 5.46. The zero-order valence-corrected chi connectivity index (χ0v) is 11.5. The summed E-state index contributed by atoms with van der Waals surface area (Å²) in [5.74, 6) is 0.782. The molecule has 0 saturated carbocycles. The minimum atomic E-state index is -0.440. The topological polar surface area (TPSA) is 26.3 Å². The van der Waals surface area contributed by atoms with Gasteiger partial charge in [-0.1, -0.05) is 25.5 Å². The molecule has 0 aliphatic heterocycles. The SMILES string of the molecule is CCC/C=C/Oc1ccc2cc(C(=O)Cl)ccc2c1. The first-order valence-corrected chi connectivity index (χ1v) is 6.64. The van der Waals surface area contributed by atoms with Crippen molar-refractivity contribution in [2.75, 3.05) is 0 Å². The summed E-state index contributed by atoms with van der Waals surface area (Å²) in [4.78, 5) is 11.1. The van der Waals surface area contributed by atoms with E-state index in [-0.39, 0.29) is 0 Å². The van der Waals surface area contributed by atoms with Crippen LogP contribution in [0.5, 0.6) is 5.75 Å². The van der Waals surface area contributed by atoms with Crippen LogP contribution in [0.15, 0.2) is 48.7 Å². The number of allylic oxidation sites excluding steroid dienone is 1. The fraction of sp³-hybridized carbons (Fsp3) is 0.188. The summed E-state index contributed by atoms with van der Waals surface area (Å²) < 4.78 is 5.52. The lowest BCUT2D eigenvalue weighted by atomic mass is 10.1. The number of ether oxygens (including phenoxy) is 1. The van der Waals surface area contributed by atoms with Crippen LogP contribution in [0.1, 0.15) is 30.1 Å². The van der Waals surface area contributed by atoms with Crippen molar-refractivity contribution in [3.8, 4) is 5.75 Å². The fourth-order valence-electron chi connectivity index (χ4n) is 1.78. The maximum atomic E-state index is 11.1. The molecule has 0 atom stereocenters. The Hall–Kier alpha value is -1.80. The van der Waals surface area contributed by atoms with Crippen LogP contribution in [0, 0.1) is 0 Å². The Balaban J connectivity index is 2.21. The molecular formula is C16H15ClO2. The number of carbonyl (C=O) groups excluding carboxylic acids is 1. The van der Waals surface area contributed by atoms with E-state index in [2.05, 4.69) is 6.92 Å². The predicted octanol–water partition coefficient (Wildman–Crippen LogP) is 4.91. The summed E-state index contributed by atoms with van der Waals surface area (Å²) in [5.41, 5.74) is 0.505. The van der Waals surface area contributed by atoms with Gasteiger partial charge in [-0.2, -0.15) is 0 Å². The molecular weight excluding hydrogens is 260 g/mol. The normalized spacial score (nSPS) is 11.1. The van der Waals surface area contributed by atoms with Gasteiger partial charge in [0.25, 0.3) is 5.24 Å². The zero-order valence-electron chi connectivity index (χ0n) is 10.7. The third-order valence-corrected chi connectivity index (χ3v) is 3.01. The van der Waals surface area contributed by atoms with Gasteiger partial charge in [0, 0.05) is 5.56 Å². The summed E-state index contributed by atoms with van der Waals surface area (Å²) in [6.07, 6.45) is 5.82. The number of fused-ring (bicyclic) bond motifs is 1. The molecule has 0 N–H and O–H groups in total. The van der Waals surface area contributed by atoms with Gasteiger partial charge < -0.3 is 4.74 Å². The Kier molecular flexibility index (Phi) is 4.58. The molecule has 0 amide bonds. The first-order chi connectivity index (χ1) is 9.20. The monoisotopic (exact) mass is 274 g/mol. The van der Waals surface area contributed by atoms with Crippen LogP contribution < -0.4 is 4.74 Å². The first kappa shape index (κ1) is 13.6. The minimum absolute atomic E-state index is 0.440. The summed E-state index contributed by atoms with van der Waals surface area (Å²) in [6.45, 7) is 2.12. The van der Waals surface area contributed by atoms with Gasteiger partial charge in [-0.3, -0.25) is 4.79 Å². The van der Waals surface area contributed by atoms with Gasteiger partial charge in [0.15, 0.2) is 0 Å². The molecule has 0 saturated heterocycles. The standard InChI is InChI=1S/C16H15ClO2/c1-2-3-4-9-19-15-8-7-12-10-14(16(17)18)6-5-13(12)11-15/h4-11H,2-3H2,1H3/b9-4+. The third kappa shape index (κ3) is 3.58. The average Bonchev–Trinajstić information content (AvgIpc) is 2.43. The number of rotatable bonds is 5. The van der Waals surface area contributed by atoms with Crippen molar-refractivity contribution in [1.82, 2.24) is 0 Å². The second-order valence-corrected chi connectivity index (χ2v) is 4.62. The molecule has 0 unspecified atom stereocenters. The Morgan fingerprint density at radius 2 is 1.95 bits per heavy atom. The van der Waals surface area contributed by atoms with Crippen LogP contribution in [-0.4, -0.2) is 5.24 Å². The van der Waals surface area contributed by atoms with E-state index < -0.39 is 5.24 Å². The highest BCUT2D eigenvalue weighted by atomic mass is 35.5. The Labute approximate surface area is 117 Å². The van der Waals surface area contributed by atoms with E-state index in [4.69, 9.17) is 16.3 Å². The quantitative estimate of drug-likeness (QED) is 0.572. The van der Waals surface area contributed by atoms with E-state index in [1.54, 1.807) is 18.4 Å². The van der Waals surface area contributed by atoms with Gasteiger partial charge in [-0.25, -0.2) is 0 Å². The van der Waals surface area contributed by atoms with Gasteiger partial charge in [-0.15, -0.1) is 0 Å². The molecule has 0 aromatic heterocycles. The highest BCUT2D eigenvalue weighted by molar-refractivity contribution is 6.67. The highest BCUT2D eigenvalue weighted by Crippen LogP contribution is 2.23. The lowest BCUT2D eigenvalue weighted by Crippen LogP contribution is -1.88. The Morgan fingerprint density at radius 1 is 1.21 bits per heavy atom. The third-order valence-electron chi connectivity index (χ3n) is 2.79. The number of carbonyl (C=O) groups is 1. The van der Waals surface area contributed by atoms with Gasteiger partial charge in [0.1, 0.15) is 5.75 Å². The lowest BCUT2D eigenvalue weighted by molar-refractivity contribution is 0.108. The second kappa shape index (κ2) is 6.39. The van der Waals surface area contributed by atoms with Gasteiger partial charge in [0.2, 0.25) is 0 Å². The van der Waals surface area contributed by atoms with E-state index >= 15 is 0 Å².